The van der Waals surface area contributed by atoms with Crippen molar-refractivity contribution in [2.45, 2.75) is 0 Å². The first-order chi connectivity index (χ1) is 4.83. The first kappa shape index (κ1) is 16.4. The molecule has 0 bridgehead atoms. The summed E-state index contributed by atoms with van der Waals surface area (Å²) >= 11 is 0. The third kappa shape index (κ3) is 51.9. The van der Waals surface area contributed by atoms with Gasteiger partial charge < -0.3 is 32.3 Å². The van der Waals surface area contributed by atoms with Crippen molar-refractivity contribution < 1.29 is 17.1 Å². The fourth-order valence-corrected chi connectivity index (χ4v) is 0.0667. The van der Waals surface area contributed by atoms with Crippen LogP contribution in [-0.4, -0.2) is 25.4 Å². The zero-order valence-corrected chi connectivity index (χ0v) is 6.34. The monoisotopic (exact) mass is 201 g/mol. The molecule has 0 aliphatic heterocycles. The maximum atomic E-state index is 7.62. The van der Waals surface area contributed by atoms with E-state index in [1.807, 2.05) is 0 Å². The van der Waals surface area contributed by atoms with Gasteiger partial charge in [0.2, 0.25) is 0 Å². The topological polar surface area (TPSA) is 117 Å². The molecule has 6 nitrogen and oxygen atoms in total. The van der Waals surface area contributed by atoms with E-state index in [4.69, 9.17) is 22.3 Å². The van der Waals surface area contributed by atoms with Crippen molar-refractivity contribution in [1.29, 1.82) is 0 Å². The van der Waals surface area contributed by atoms with Crippen LogP contribution in [0.5, 0.6) is 0 Å². The first-order valence-electron chi connectivity index (χ1n) is 2.13. The molecule has 0 aromatic rings. The standard InChI is InChI=1S/2C2H3N3.Cu/c2*3-1-5-2-4;/h2*1-2H,(H-2,3,4,5);/q2*-2;. The molecule has 0 aromatic carbocycles. The van der Waals surface area contributed by atoms with Crippen molar-refractivity contribution in [1.82, 2.24) is 0 Å². The van der Waals surface area contributed by atoms with E-state index in [1.54, 1.807) is 0 Å². The second-order valence-corrected chi connectivity index (χ2v) is 0.787. The largest absolute Gasteiger partial charge is 0.488 e. The van der Waals surface area contributed by atoms with Gasteiger partial charge in [-0.2, -0.15) is 0 Å². The molecule has 0 aromatic heterocycles. The van der Waals surface area contributed by atoms with E-state index in [9.17, 15) is 0 Å². The van der Waals surface area contributed by atoms with E-state index >= 15 is 0 Å². The van der Waals surface area contributed by atoms with Crippen LogP contribution >= 0.6 is 0 Å². The van der Waals surface area contributed by atoms with E-state index in [2.05, 4.69) is 9.98 Å². The Bertz CT molecular complexity index is 115. The summed E-state index contributed by atoms with van der Waals surface area (Å²) in [5.74, 6) is 0. The van der Waals surface area contributed by atoms with Crippen LogP contribution in [-0.2, 0) is 17.1 Å². The molecule has 7 heteroatoms. The fourth-order valence-electron chi connectivity index (χ4n) is 0.0667. The third-order valence-corrected chi connectivity index (χ3v) is 0.282. The summed E-state index contributed by atoms with van der Waals surface area (Å²) in [5, 5.41) is 15.2. The van der Waals surface area contributed by atoms with Crippen molar-refractivity contribution in [2.75, 3.05) is 0 Å². The Balaban J connectivity index is -0.000000107. The van der Waals surface area contributed by atoms with Crippen molar-refractivity contribution in [3.05, 3.63) is 22.3 Å². The number of nitrogens with zero attached hydrogens (tertiary/aromatic N) is 4. The number of aliphatic imine (C=N–C) groups is 2. The molecule has 0 unspecified atom stereocenters. The molecule has 1 radical (unpaired) electrons. The molecule has 0 heterocycles. The van der Waals surface area contributed by atoms with Crippen LogP contribution in [0, 0.1) is 0 Å². The number of nitrogens with one attached hydrogen (secondary N) is 2. The molecule has 0 aliphatic carbocycles. The zero-order chi connectivity index (χ0) is 8.24. The average molecular weight is 202 g/mol. The molecule has 2 N–H and O–H groups in total. The minimum atomic E-state index is 0. The molecule has 11 heavy (non-hydrogen) atoms. The predicted octanol–water partition coefficient (Wildman–Crippen LogP) is 1.33. The molecule has 0 saturated heterocycles. The quantitative estimate of drug-likeness (QED) is 0.364. The van der Waals surface area contributed by atoms with E-state index in [1.165, 1.54) is 0 Å². The van der Waals surface area contributed by atoms with Crippen molar-refractivity contribution in [3.8, 4) is 0 Å². The molecule has 0 amide bonds. The van der Waals surface area contributed by atoms with Gasteiger partial charge in [0, 0.05) is 17.1 Å². The molecule has 0 fully saturated rings. The Morgan fingerprint density at radius 1 is 0.909 bits per heavy atom. The Morgan fingerprint density at radius 3 is 1.18 bits per heavy atom. The Hall–Kier alpha value is -1.20. The smallest absolute Gasteiger partial charge is 0 e. The SMILES string of the molecule is [Cu].[N-]=CN=C[NH-].[N-]=CN=C[NH-]. The minimum Gasteiger partial charge on any atom is -0.488 e. The summed E-state index contributed by atoms with van der Waals surface area (Å²) in [6.45, 7) is 0. The summed E-state index contributed by atoms with van der Waals surface area (Å²) in [5.41, 5.74) is 12.2. The Labute approximate surface area is 75.3 Å². The van der Waals surface area contributed by atoms with Crippen LogP contribution in [0.2, 0.25) is 0 Å². The Morgan fingerprint density at radius 2 is 1.18 bits per heavy atom. The molecular weight excluding hydrogens is 196 g/mol. The Kier molecular flexibility index (Phi) is 34.7. The second-order valence-electron chi connectivity index (χ2n) is 0.787. The van der Waals surface area contributed by atoms with Crippen LogP contribution in [0.1, 0.15) is 0 Å². The van der Waals surface area contributed by atoms with Crippen molar-refractivity contribution in [3.63, 3.8) is 0 Å². The van der Waals surface area contributed by atoms with Gasteiger partial charge in [-0.1, -0.05) is 0 Å². The summed E-state index contributed by atoms with van der Waals surface area (Å²) < 4.78 is 0. The number of rotatable bonds is 2. The summed E-state index contributed by atoms with van der Waals surface area (Å²) in [7, 11) is 0. The van der Waals surface area contributed by atoms with E-state index in [0.717, 1.165) is 12.7 Å². The molecular formula is C4H6CuN6-4. The number of hydrogen-bond acceptors (Lipinski definition) is 0. The van der Waals surface area contributed by atoms with E-state index in [0.29, 0.717) is 12.7 Å². The van der Waals surface area contributed by atoms with Gasteiger partial charge in [-0.15, -0.1) is 25.4 Å². The van der Waals surface area contributed by atoms with Gasteiger partial charge in [-0.05, 0) is 0 Å². The van der Waals surface area contributed by atoms with E-state index < -0.39 is 0 Å². The van der Waals surface area contributed by atoms with Gasteiger partial charge >= 0.3 is 0 Å². The van der Waals surface area contributed by atoms with Crippen LogP contribution in [0.4, 0.5) is 0 Å². The maximum Gasteiger partial charge on any atom is 0 e. The van der Waals surface area contributed by atoms with E-state index in [-0.39, 0.29) is 17.1 Å². The van der Waals surface area contributed by atoms with Gasteiger partial charge in [0.1, 0.15) is 0 Å². The minimum absolute atomic E-state index is 0. The zero-order valence-electron chi connectivity index (χ0n) is 5.40. The predicted molar refractivity (Wildman–Crippen MR) is 44.5 cm³/mol. The molecule has 0 atom stereocenters. The van der Waals surface area contributed by atoms with Crippen LogP contribution in [0.25, 0.3) is 22.3 Å². The third-order valence-electron chi connectivity index (χ3n) is 0.282. The summed E-state index contributed by atoms with van der Waals surface area (Å²) in [6, 6.07) is 0. The van der Waals surface area contributed by atoms with Gasteiger partial charge in [0.25, 0.3) is 0 Å². The molecule has 0 saturated carbocycles. The normalized spacial score (nSPS) is 8.00. The first-order valence-corrected chi connectivity index (χ1v) is 2.13. The number of hydrogen-bond donors (Lipinski definition) is 0. The van der Waals surface area contributed by atoms with Gasteiger partial charge in [0.15, 0.2) is 0 Å². The van der Waals surface area contributed by atoms with Crippen LogP contribution in [0.15, 0.2) is 9.98 Å². The molecule has 67 valence electrons. The van der Waals surface area contributed by atoms with Gasteiger partial charge in [0.05, 0.1) is 0 Å². The average Bonchev–Trinajstić information content (AvgIpc) is 1.93. The second kappa shape index (κ2) is 23.2. The molecule has 0 aliphatic rings. The maximum absolute atomic E-state index is 7.62. The van der Waals surface area contributed by atoms with Crippen LogP contribution < -0.4 is 0 Å². The molecule has 0 rings (SSSR count). The van der Waals surface area contributed by atoms with Crippen molar-refractivity contribution >= 4 is 25.4 Å². The van der Waals surface area contributed by atoms with Gasteiger partial charge in [-0.25, -0.2) is 0 Å². The summed E-state index contributed by atoms with van der Waals surface area (Å²) in [6.07, 6.45) is 2.62. The van der Waals surface area contributed by atoms with Crippen molar-refractivity contribution in [2.24, 2.45) is 9.98 Å². The fraction of sp³-hybridized carbons (Fsp3) is 0. The molecule has 0 spiro atoms. The van der Waals surface area contributed by atoms with Gasteiger partial charge in [-0.3, -0.25) is 0 Å². The van der Waals surface area contributed by atoms with Crippen LogP contribution in [0.3, 0.4) is 0 Å². The summed E-state index contributed by atoms with van der Waals surface area (Å²) in [4.78, 5) is 5.89.